The van der Waals surface area contributed by atoms with Crippen LogP contribution in [0, 0.1) is 0 Å². The van der Waals surface area contributed by atoms with Crippen molar-refractivity contribution < 1.29 is 5.11 Å². The number of halogens is 2. The van der Waals surface area contributed by atoms with Crippen molar-refractivity contribution in [2.75, 3.05) is 0 Å². The van der Waals surface area contributed by atoms with Gasteiger partial charge in [0.05, 0.1) is 16.9 Å². The minimum Gasteiger partial charge on any atom is -0.508 e. The number of nitrogens with zero attached hydrogens (tertiary/aromatic N) is 3. The largest absolute Gasteiger partial charge is 0.508 e. The Bertz CT molecular complexity index is 1260. The molecule has 0 amide bonds. The van der Waals surface area contributed by atoms with E-state index in [0.29, 0.717) is 10.0 Å². The van der Waals surface area contributed by atoms with Crippen molar-refractivity contribution in [1.82, 2.24) is 4.57 Å². The van der Waals surface area contributed by atoms with Gasteiger partial charge >= 0.3 is 0 Å². The Kier molecular flexibility index (Phi) is 6.87. The number of benzene rings is 3. The predicted molar refractivity (Wildman–Crippen MR) is 129 cm³/mol. The average molecular weight is 468 g/mol. The number of phenolic OH excluding ortho intramolecular Hbond substituents is 1. The Morgan fingerprint density at radius 1 is 0.968 bits per heavy atom. The lowest BCUT2D eigenvalue weighted by Crippen LogP contribution is -2.17. The van der Waals surface area contributed by atoms with Crippen molar-refractivity contribution in [2.24, 2.45) is 10.2 Å². The lowest BCUT2D eigenvalue weighted by Gasteiger charge is -2.10. The van der Waals surface area contributed by atoms with Gasteiger partial charge in [-0.2, -0.15) is 5.10 Å². The molecule has 0 aliphatic rings. The summed E-state index contributed by atoms with van der Waals surface area (Å²) in [4.78, 5) is 0.770. The number of rotatable bonds is 6. The van der Waals surface area contributed by atoms with Gasteiger partial charge in [0.25, 0.3) is 0 Å². The highest BCUT2D eigenvalue weighted by Gasteiger charge is 2.12. The van der Waals surface area contributed by atoms with Gasteiger partial charge in [-0.3, -0.25) is 0 Å². The molecule has 0 saturated carbocycles. The summed E-state index contributed by atoms with van der Waals surface area (Å²) in [6, 6.07) is 22.6. The number of phenols is 1. The fraction of sp³-hybridized carbons (Fsp3) is 0.0833. The third-order valence-corrected chi connectivity index (χ3v) is 6.12. The highest BCUT2D eigenvalue weighted by atomic mass is 35.5. The van der Waals surface area contributed by atoms with Crippen molar-refractivity contribution in [3.05, 3.63) is 104 Å². The molecule has 3 aromatic carbocycles. The topological polar surface area (TPSA) is 49.9 Å². The third kappa shape index (κ3) is 5.44. The monoisotopic (exact) mass is 467 g/mol. The average Bonchev–Trinajstić information content (AvgIpc) is 3.17. The fourth-order valence-electron chi connectivity index (χ4n) is 3.13. The van der Waals surface area contributed by atoms with Crippen LogP contribution in [-0.4, -0.2) is 15.9 Å². The van der Waals surface area contributed by atoms with Crippen molar-refractivity contribution >= 4 is 40.8 Å². The summed E-state index contributed by atoms with van der Waals surface area (Å²) in [7, 11) is 0. The van der Waals surface area contributed by atoms with Crippen LogP contribution < -0.4 is 4.80 Å². The van der Waals surface area contributed by atoms with Gasteiger partial charge < -0.3 is 9.67 Å². The Morgan fingerprint density at radius 3 is 2.48 bits per heavy atom. The predicted octanol–water partition coefficient (Wildman–Crippen LogP) is 6.41. The molecule has 1 N–H and O–H groups in total. The number of aryl methyl sites for hydroxylation is 1. The Morgan fingerprint density at radius 2 is 1.74 bits per heavy atom. The van der Waals surface area contributed by atoms with E-state index in [1.54, 1.807) is 36.5 Å². The number of hydrogen-bond acceptors (Lipinski definition) is 4. The number of aromatic hydroxyl groups is 1. The van der Waals surface area contributed by atoms with Crippen LogP contribution in [0.5, 0.6) is 5.75 Å². The molecule has 0 radical (unpaired) electrons. The minimum atomic E-state index is 0.218. The van der Waals surface area contributed by atoms with Crippen molar-refractivity contribution in [3.63, 3.8) is 0 Å². The lowest BCUT2D eigenvalue weighted by molar-refractivity contribution is 0.475. The molecule has 4 nitrogen and oxygen atoms in total. The van der Waals surface area contributed by atoms with Gasteiger partial charge in [-0.05, 0) is 60.0 Å². The summed E-state index contributed by atoms with van der Waals surface area (Å²) in [5.74, 6) is 0.218. The Labute approximate surface area is 194 Å². The zero-order valence-corrected chi connectivity index (χ0v) is 18.8. The van der Waals surface area contributed by atoms with Gasteiger partial charge in [0.1, 0.15) is 5.75 Å². The van der Waals surface area contributed by atoms with Gasteiger partial charge in [-0.25, -0.2) is 0 Å². The SMILES string of the molecule is Oc1ccc(/C=N\N=c2\scc(-c3ccc(Cl)cc3Cl)n2CCc2ccccc2)cc1. The van der Waals surface area contributed by atoms with E-state index in [4.69, 9.17) is 23.2 Å². The summed E-state index contributed by atoms with van der Waals surface area (Å²) in [6.45, 7) is 0.732. The Balaban J connectivity index is 1.70. The molecule has 31 heavy (non-hydrogen) atoms. The van der Waals surface area contributed by atoms with E-state index >= 15 is 0 Å². The first-order valence-electron chi connectivity index (χ1n) is 9.64. The van der Waals surface area contributed by atoms with E-state index < -0.39 is 0 Å². The smallest absolute Gasteiger partial charge is 0.211 e. The quantitative estimate of drug-likeness (QED) is 0.258. The van der Waals surface area contributed by atoms with E-state index in [1.807, 2.05) is 35.7 Å². The number of hydrogen-bond donors (Lipinski definition) is 1. The van der Waals surface area contributed by atoms with Crippen LogP contribution in [0.15, 0.2) is 88.4 Å². The molecule has 0 aliphatic carbocycles. The summed E-state index contributed by atoms with van der Waals surface area (Å²) >= 11 is 14.1. The van der Waals surface area contributed by atoms with Crippen LogP contribution >= 0.6 is 34.5 Å². The standard InChI is InChI=1S/C24H19Cl2N3OS/c25-19-8-11-21(22(26)14-19)23-16-31-24(28-27-15-18-6-9-20(30)10-7-18)29(23)13-12-17-4-2-1-3-5-17/h1-11,14-16,30H,12-13H2/b27-15-,28-24+. The van der Waals surface area contributed by atoms with E-state index in [1.165, 1.54) is 16.9 Å². The second kappa shape index (κ2) is 9.96. The maximum Gasteiger partial charge on any atom is 0.211 e. The summed E-state index contributed by atoms with van der Waals surface area (Å²) in [5.41, 5.74) is 3.98. The first-order chi connectivity index (χ1) is 15.1. The van der Waals surface area contributed by atoms with E-state index in [0.717, 1.165) is 34.6 Å². The molecular weight excluding hydrogens is 449 g/mol. The first-order valence-corrected chi connectivity index (χ1v) is 11.3. The molecule has 156 valence electrons. The van der Waals surface area contributed by atoms with Crippen molar-refractivity contribution in [2.45, 2.75) is 13.0 Å². The van der Waals surface area contributed by atoms with Crippen LogP contribution in [0.2, 0.25) is 10.0 Å². The molecule has 0 spiro atoms. The zero-order chi connectivity index (χ0) is 21.6. The molecule has 4 rings (SSSR count). The zero-order valence-electron chi connectivity index (χ0n) is 16.5. The molecule has 1 heterocycles. The highest BCUT2D eigenvalue weighted by molar-refractivity contribution is 7.07. The van der Waals surface area contributed by atoms with E-state index in [9.17, 15) is 5.11 Å². The molecular formula is C24H19Cl2N3OS. The normalized spacial score (nSPS) is 12.0. The van der Waals surface area contributed by atoms with E-state index in [2.05, 4.69) is 26.9 Å². The maximum absolute atomic E-state index is 9.41. The Hall–Kier alpha value is -2.86. The molecule has 0 unspecified atom stereocenters. The maximum atomic E-state index is 9.41. The second-order valence-electron chi connectivity index (χ2n) is 6.85. The van der Waals surface area contributed by atoms with Crippen molar-refractivity contribution in [1.29, 1.82) is 0 Å². The molecule has 0 aliphatic heterocycles. The van der Waals surface area contributed by atoms with Gasteiger partial charge in [0, 0.05) is 22.5 Å². The van der Waals surface area contributed by atoms with Gasteiger partial charge in [-0.15, -0.1) is 16.4 Å². The molecule has 0 fully saturated rings. The number of thiazole rings is 1. The fourth-order valence-corrected chi connectivity index (χ4v) is 4.52. The molecule has 0 saturated heterocycles. The molecule has 0 bridgehead atoms. The third-order valence-electron chi connectivity index (χ3n) is 4.71. The molecule has 7 heteroatoms. The van der Waals surface area contributed by atoms with Gasteiger partial charge in [0.2, 0.25) is 4.80 Å². The molecule has 1 aromatic heterocycles. The second-order valence-corrected chi connectivity index (χ2v) is 8.53. The molecule has 4 aromatic rings. The van der Waals surface area contributed by atoms with Gasteiger partial charge in [-0.1, -0.05) is 53.5 Å². The highest BCUT2D eigenvalue weighted by Crippen LogP contribution is 2.30. The van der Waals surface area contributed by atoms with Crippen LogP contribution in [-0.2, 0) is 13.0 Å². The van der Waals surface area contributed by atoms with Crippen LogP contribution in [0.25, 0.3) is 11.3 Å². The summed E-state index contributed by atoms with van der Waals surface area (Å²) in [6.07, 6.45) is 2.51. The first kappa shape index (κ1) is 21.4. The number of aromatic nitrogens is 1. The molecule has 0 atom stereocenters. The van der Waals surface area contributed by atoms with Crippen LogP contribution in [0.1, 0.15) is 11.1 Å². The van der Waals surface area contributed by atoms with Crippen LogP contribution in [0.3, 0.4) is 0 Å². The van der Waals surface area contributed by atoms with Crippen LogP contribution in [0.4, 0.5) is 0 Å². The lowest BCUT2D eigenvalue weighted by atomic mass is 10.1. The van der Waals surface area contributed by atoms with Crippen molar-refractivity contribution in [3.8, 4) is 17.0 Å². The van der Waals surface area contributed by atoms with Gasteiger partial charge in [0.15, 0.2) is 0 Å². The minimum absolute atomic E-state index is 0.218. The summed E-state index contributed by atoms with van der Waals surface area (Å²) < 4.78 is 2.13. The summed E-state index contributed by atoms with van der Waals surface area (Å²) in [5, 5.41) is 21.3. The van der Waals surface area contributed by atoms with E-state index in [-0.39, 0.29) is 5.75 Å².